The van der Waals surface area contributed by atoms with Crippen LogP contribution in [0.15, 0.2) is 30.3 Å². The number of hydrogen-bond donors (Lipinski definition) is 0. The molecule has 0 unspecified atom stereocenters. The fraction of sp³-hybridized carbons (Fsp3) is 0.294. The fourth-order valence-electron chi connectivity index (χ4n) is 2.20. The zero-order valence-electron chi connectivity index (χ0n) is 14.7. The molecule has 0 atom stereocenters. The molecule has 2 aromatic carbocycles. The normalized spacial score (nSPS) is 11.3. The number of hydrogen-bond acceptors (Lipinski definition) is 6. The zero-order valence-corrected chi connectivity index (χ0v) is 15.5. The van der Waals surface area contributed by atoms with Gasteiger partial charge in [0.15, 0.2) is 11.5 Å². The molecule has 0 aliphatic rings. The van der Waals surface area contributed by atoms with Crippen LogP contribution in [-0.2, 0) is 19.6 Å². The van der Waals surface area contributed by atoms with Gasteiger partial charge in [0.2, 0.25) is 0 Å². The van der Waals surface area contributed by atoms with Gasteiger partial charge in [-0.25, -0.2) is 0 Å². The number of carbonyl (C=O) groups excluding carboxylic acids is 2. The Labute approximate surface area is 154 Å². The first-order valence-corrected chi connectivity index (χ1v) is 8.96. The van der Waals surface area contributed by atoms with Gasteiger partial charge >= 0.3 is 15.6 Å². The van der Waals surface area contributed by atoms with Crippen molar-refractivity contribution >= 4 is 33.1 Å². The molecular formula is C17H17F3O6S. The molecule has 0 aliphatic carbocycles. The number of alkyl halides is 3. The molecule has 0 heterocycles. The molecule has 0 saturated carbocycles. The summed E-state index contributed by atoms with van der Waals surface area (Å²) in [5.74, 6) is -1.18. The van der Waals surface area contributed by atoms with E-state index >= 15 is 0 Å². The van der Waals surface area contributed by atoms with Crippen molar-refractivity contribution in [2.24, 2.45) is 0 Å². The van der Waals surface area contributed by atoms with E-state index < -0.39 is 27.2 Å². The van der Waals surface area contributed by atoms with E-state index in [1.54, 1.807) is 25.1 Å². The molecule has 148 valence electrons. The number of rotatable bonds is 5. The van der Waals surface area contributed by atoms with E-state index in [1.165, 1.54) is 19.1 Å². The van der Waals surface area contributed by atoms with E-state index in [2.05, 4.69) is 8.92 Å². The first-order valence-electron chi connectivity index (χ1n) is 7.55. The van der Waals surface area contributed by atoms with Crippen LogP contribution in [0.3, 0.4) is 0 Å². The lowest BCUT2D eigenvalue weighted by Crippen LogP contribution is -2.28. The van der Waals surface area contributed by atoms with Crippen LogP contribution < -0.4 is 4.18 Å². The lowest BCUT2D eigenvalue weighted by Gasteiger charge is -2.16. The highest BCUT2D eigenvalue weighted by Crippen LogP contribution is 2.36. The Bertz CT molecular complexity index is 936. The van der Waals surface area contributed by atoms with E-state index in [-0.39, 0.29) is 10.9 Å². The minimum atomic E-state index is -5.87. The van der Waals surface area contributed by atoms with Gasteiger partial charge in [-0.05, 0) is 31.7 Å². The van der Waals surface area contributed by atoms with Crippen LogP contribution in [0.2, 0.25) is 0 Å². The Hall–Kier alpha value is -2.62. The molecule has 0 radical (unpaired) electrons. The van der Waals surface area contributed by atoms with Gasteiger partial charge in [-0.2, -0.15) is 21.6 Å². The Balaban J connectivity index is 0.000000646. The Kier molecular flexibility index (Phi) is 7.35. The minimum absolute atomic E-state index is 0.117. The van der Waals surface area contributed by atoms with Gasteiger partial charge in [0.25, 0.3) is 6.47 Å². The van der Waals surface area contributed by atoms with Gasteiger partial charge in [-0.1, -0.05) is 30.3 Å². The maximum atomic E-state index is 12.6. The van der Waals surface area contributed by atoms with Gasteiger partial charge in [0.05, 0.1) is 12.2 Å². The van der Waals surface area contributed by atoms with Crippen molar-refractivity contribution < 1.29 is 40.1 Å². The average Bonchev–Trinajstić information content (AvgIpc) is 2.54. The Morgan fingerprint density at radius 1 is 1.22 bits per heavy atom. The van der Waals surface area contributed by atoms with Crippen molar-refractivity contribution in [1.29, 1.82) is 0 Å². The monoisotopic (exact) mass is 406 g/mol. The van der Waals surface area contributed by atoms with Gasteiger partial charge in [-0.15, -0.1) is 0 Å². The molecule has 0 spiro atoms. The number of halogens is 3. The van der Waals surface area contributed by atoms with Crippen molar-refractivity contribution in [2.75, 3.05) is 6.61 Å². The van der Waals surface area contributed by atoms with Crippen LogP contribution in [0.25, 0.3) is 10.8 Å². The van der Waals surface area contributed by atoms with Crippen LogP contribution in [0.1, 0.15) is 29.8 Å². The Morgan fingerprint density at radius 3 is 2.26 bits per heavy atom. The van der Waals surface area contributed by atoms with Crippen LogP contribution >= 0.6 is 0 Å². The predicted octanol–water partition coefficient (Wildman–Crippen LogP) is 3.76. The molecule has 0 fully saturated rings. The zero-order chi connectivity index (χ0) is 20.8. The molecule has 0 N–H and O–H groups in total. The minimum Gasteiger partial charge on any atom is -0.468 e. The summed E-state index contributed by atoms with van der Waals surface area (Å²) in [6.07, 6.45) is 0. The van der Waals surface area contributed by atoms with E-state index in [9.17, 15) is 31.2 Å². The quantitative estimate of drug-likeness (QED) is 0.325. The predicted molar refractivity (Wildman–Crippen MR) is 92.0 cm³/mol. The van der Waals surface area contributed by atoms with E-state index in [1.807, 2.05) is 0 Å². The molecule has 2 aromatic rings. The third-order valence-electron chi connectivity index (χ3n) is 3.26. The highest BCUT2D eigenvalue weighted by Gasteiger charge is 2.49. The second kappa shape index (κ2) is 8.85. The van der Waals surface area contributed by atoms with Gasteiger partial charge in [-0.3, -0.25) is 9.59 Å². The van der Waals surface area contributed by atoms with Crippen LogP contribution in [0.4, 0.5) is 13.2 Å². The van der Waals surface area contributed by atoms with Gasteiger partial charge in [0, 0.05) is 5.39 Å². The molecule has 2 rings (SSSR count). The topological polar surface area (TPSA) is 86.7 Å². The van der Waals surface area contributed by atoms with Crippen LogP contribution in [0.5, 0.6) is 5.75 Å². The van der Waals surface area contributed by atoms with Crippen molar-refractivity contribution in [1.82, 2.24) is 0 Å². The molecule has 0 amide bonds. The third-order valence-corrected chi connectivity index (χ3v) is 4.22. The molecule has 0 aromatic heterocycles. The van der Waals surface area contributed by atoms with Crippen molar-refractivity contribution in [3.63, 3.8) is 0 Å². The molecule has 6 nitrogen and oxygen atoms in total. The summed E-state index contributed by atoms with van der Waals surface area (Å²) < 4.78 is 68.7. The van der Waals surface area contributed by atoms with Crippen LogP contribution in [0, 0.1) is 6.92 Å². The van der Waals surface area contributed by atoms with Crippen LogP contribution in [-0.4, -0.2) is 32.8 Å². The molecule has 27 heavy (non-hydrogen) atoms. The number of benzene rings is 2. The maximum absolute atomic E-state index is 12.6. The Morgan fingerprint density at radius 2 is 1.81 bits per heavy atom. The molecule has 10 heteroatoms. The van der Waals surface area contributed by atoms with E-state index in [4.69, 9.17) is 0 Å². The van der Waals surface area contributed by atoms with Crippen molar-refractivity contribution in [2.45, 2.75) is 26.3 Å². The smallest absolute Gasteiger partial charge is 0.468 e. The third kappa shape index (κ3) is 5.43. The van der Waals surface area contributed by atoms with E-state index in [0.717, 1.165) is 6.92 Å². The number of aryl methyl sites for hydroxylation is 1. The highest BCUT2D eigenvalue weighted by molar-refractivity contribution is 7.88. The summed E-state index contributed by atoms with van der Waals surface area (Å²) in [4.78, 5) is 20.9. The molecule has 0 aliphatic heterocycles. The molecule has 0 bridgehead atoms. The SMILES string of the molecule is CC(=O)c1c(C)cc2ccccc2c1OS(=O)(=O)C(F)(F)F.CCOC=O. The second-order valence-electron chi connectivity index (χ2n) is 5.21. The summed E-state index contributed by atoms with van der Waals surface area (Å²) in [5, 5.41) is 0.587. The fourth-order valence-corrected chi connectivity index (χ4v) is 2.68. The molecular weight excluding hydrogens is 389 g/mol. The van der Waals surface area contributed by atoms with Crippen molar-refractivity contribution in [3.05, 3.63) is 41.5 Å². The first kappa shape index (κ1) is 22.4. The van der Waals surface area contributed by atoms with E-state index in [0.29, 0.717) is 24.0 Å². The first-order chi connectivity index (χ1) is 12.5. The second-order valence-corrected chi connectivity index (χ2v) is 6.75. The summed E-state index contributed by atoms with van der Waals surface area (Å²) in [5.41, 5.74) is -5.43. The molecule has 0 saturated heterocycles. The lowest BCUT2D eigenvalue weighted by atomic mass is 9.98. The number of carbonyl (C=O) groups is 2. The maximum Gasteiger partial charge on any atom is 0.534 e. The van der Waals surface area contributed by atoms with Gasteiger partial charge in [0.1, 0.15) is 0 Å². The summed E-state index contributed by atoms with van der Waals surface area (Å²) in [7, 11) is -5.87. The van der Waals surface area contributed by atoms with Gasteiger partial charge < -0.3 is 8.92 Å². The number of ether oxygens (including phenoxy) is 1. The number of ketones is 1. The highest BCUT2D eigenvalue weighted by atomic mass is 32.2. The standard InChI is InChI=1S/C14H11F3O4S.C3H6O2/c1-8-7-10-5-3-4-6-11(10)13(12(8)9(2)18)21-22(19,20)14(15,16)17;1-2-5-3-4/h3-7H,1-2H3;3H,2H2,1H3. The summed E-state index contributed by atoms with van der Waals surface area (Å²) in [6.45, 7) is 5.29. The summed E-state index contributed by atoms with van der Waals surface area (Å²) in [6, 6.07) is 7.70. The summed E-state index contributed by atoms with van der Waals surface area (Å²) >= 11 is 0. The number of Topliss-reactive ketones (excluding diaryl/α,β-unsaturated/α-hetero) is 1. The lowest BCUT2D eigenvalue weighted by molar-refractivity contribution is -0.128. The van der Waals surface area contributed by atoms with Crippen molar-refractivity contribution in [3.8, 4) is 5.75 Å². The largest absolute Gasteiger partial charge is 0.534 e. The average molecular weight is 406 g/mol. The number of fused-ring (bicyclic) bond motifs is 1.